The van der Waals surface area contributed by atoms with Crippen molar-refractivity contribution in [3.63, 3.8) is 0 Å². The molecule has 0 aromatic carbocycles. The van der Waals surface area contributed by atoms with Gasteiger partial charge in [0.2, 0.25) is 0 Å². The number of rotatable bonds is 3. The third-order valence-electron chi connectivity index (χ3n) is 1.72. The van der Waals surface area contributed by atoms with E-state index in [2.05, 4.69) is 10.4 Å². The topological polar surface area (TPSA) is 93.2 Å². The summed E-state index contributed by atoms with van der Waals surface area (Å²) in [5.41, 5.74) is 6.07. The Hall–Kier alpha value is -1.56. The number of anilines is 1. The quantitative estimate of drug-likeness (QED) is 0.587. The average Bonchev–Trinajstić information content (AvgIpc) is 2.45. The van der Waals surface area contributed by atoms with E-state index in [1.54, 1.807) is 20.2 Å². The van der Waals surface area contributed by atoms with E-state index in [9.17, 15) is 4.79 Å². The van der Waals surface area contributed by atoms with Gasteiger partial charge >= 0.3 is 0 Å². The molecule has 0 aliphatic carbocycles. The number of aliphatic hydroxyl groups is 1. The fourth-order valence-corrected chi connectivity index (χ4v) is 1.02. The van der Waals surface area contributed by atoms with Gasteiger partial charge < -0.3 is 16.2 Å². The normalized spacial score (nSPS) is 12.5. The molecule has 0 radical (unpaired) electrons. The van der Waals surface area contributed by atoms with Crippen LogP contribution in [0.25, 0.3) is 0 Å². The van der Waals surface area contributed by atoms with Gasteiger partial charge in [-0.3, -0.25) is 9.48 Å². The smallest absolute Gasteiger partial charge is 0.274 e. The number of hydrogen-bond acceptors (Lipinski definition) is 4. The largest absolute Gasteiger partial charge is 0.396 e. The second-order valence-corrected chi connectivity index (χ2v) is 3.16. The van der Waals surface area contributed by atoms with Crippen LogP contribution in [0.4, 0.5) is 5.69 Å². The van der Waals surface area contributed by atoms with E-state index in [-0.39, 0.29) is 24.2 Å². The second-order valence-electron chi connectivity index (χ2n) is 3.16. The number of nitrogens with two attached hydrogens (primary N) is 1. The monoisotopic (exact) mass is 198 g/mol. The first-order valence-electron chi connectivity index (χ1n) is 4.25. The summed E-state index contributed by atoms with van der Waals surface area (Å²) in [7, 11) is 1.68. The molecule has 6 nitrogen and oxygen atoms in total. The Labute approximate surface area is 81.7 Å². The van der Waals surface area contributed by atoms with Crippen LogP contribution in [0.3, 0.4) is 0 Å². The molecule has 1 atom stereocenters. The molecule has 0 saturated heterocycles. The molecule has 0 fully saturated rings. The highest BCUT2D eigenvalue weighted by molar-refractivity contribution is 5.97. The molecule has 1 unspecified atom stereocenters. The van der Waals surface area contributed by atoms with Crippen LogP contribution < -0.4 is 11.1 Å². The number of hydrogen-bond donors (Lipinski definition) is 3. The summed E-state index contributed by atoms with van der Waals surface area (Å²) >= 11 is 0. The molecule has 1 rings (SSSR count). The highest BCUT2D eigenvalue weighted by atomic mass is 16.3. The van der Waals surface area contributed by atoms with E-state index in [1.165, 1.54) is 4.68 Å². The van der Waals surface area contributed by atoms with E-state index in [0.29, 0.717) is 5.69 Å². The van der Waals surface area contributed by atoms with Crippen LogP contribution >= 0.6 is 0 Å². The van der Waals surface area contributed by atoms with Crippen LogP contribution in [0.5, 0.6) is 0 Å². The maximum Gasteiger partial charge on any atom is 0.274 e. The minimum Gasteiger partial charge on any atom is -0.396 e. The van der Waals surface area contributed by atoms with E-state index in [0.717, 1.165) is 0 Å². The maximum atomic E-state index is 11.5. The predicted molar refractivity (Wildman–Crippen MR) is 51.6 cm³/mol. The van der Waals surface area contributed by atoms with Crippen molar-refractivity contribution in [2.24, 2.45) is 7.05 Å². The Morgan fingerprint density at radius 3 is 2.93 bits per heavy atom. The first-order valence-corrected chi connectivity index (χ1v) is 4.25. The first kappa shape index (κ1) is 10.5. The summed E-state index contributed by atoms with van der Waals surface area (Å²) in [6, 6.07) is -0.302. The van der Waals surface area contributed by atoms with Gasteiger partial charge in [-0.25, -0.2) is 0 Å². The van der Waals surface area contributed by atoms with E-state index < -0.39 is 0 Å². The van der Waals surface area contributed by atoms with Crippen molar-refractivity contribution < 1.29 is 9.90 Å². The van der Waals surface area contributed by atoms with Crippen LogP contribution in [0, 0.1) is 0 Å². The summed E-state index contributed by atoms with van der Waals surface area (Å²) in [4.78, 5) is 11.5. The Balaban J connectivity index is 2.74. The lowest BCUT2D eigenvalue weighted by Crippen LogP contribution is -2.35. The molecule has 14 heavy (non-hydrogen) atoms. The number of carbonyl (C=O) groups is 1. The van der Waals surface area contributed by atoms with E-state index in [1.807, 2.05) is 0 Å². The van der Waals surface area contributed by atoms with Crippen LogP contribution in [0.15, 0.2) is 6.20 Å². The van der Waals surface area contributed by atoms with Gasteiger partial charge in [0.1, 0.15) is 0 Å². The Bertz CT molecular complexity index is 334. The summed E-state index contributed by atoms with van der Waals surface area (Å²) in [6.45, 7) is 1.58. The Morgan fingerprint density at radius 1 is 1.86 bits per heavy atom. The number of carbonyl (C=O) groups excluding carboxylic acids is 1. The third-order valence-corrected chi connectivity index (χ3v) is 1.72. The molecule has 0 bridgehead atoms. The molecule has 1 aromatic rings. The number of aryl methyl sites for hydroxylation is 1. The van der Waals surface area contributed by atoms with E-state index in [4.69, 9.17) is 10.8 Å². The summed E-state index contributed by atoms with van der Waals surface area (Å²) in [5.74, 6) is -0.371. The standard InChI is InChI=1S/C8H14N4O2/c1-5(4-13)10-8(14)7-6(9)3-12(2)11-7/h3,5,13H,4,9H2,1-2H3,(H,10,14). The van der Waals surface area contributed by atoms with Gasteiger partial charge in [-0.2, -0.15) is 5.10 Å². The molecule has 0 saturated carbocycles. The lowest BCUT2D eigenvalue weighted by Gasteiger charge is -2.08. The van der Waals surface area contributed by atoms with Crippen molar-refractivity contribution >= 4 is 11.6 Å². The molecule has 1 aromatic heterocycles. The molecule has 0 spiro atoms. The summed E-state index contributed by atoms with van der Waals surface area (Å²) < 4.78 is 1.47. The zero-order valence-corrected chi connectivity index (χ0v) is 8.19. The molecule has 0 aliphatic heterocycles. The molecule has 1 amide bonds. The fourth-order valence-electron chi connectivity index (χ4n) is 1.02. The number of aromatic nitrogens is 2. The number of nitrogen functional groups attached to an aromatic ring is 1. The summed E-state index contributed by atoms with van der Waals surface area (Å²) in [5, 5.41) is 15.2. The van der Waals surface area contributed by atoms with Crippen molar-refractivity contribution in [3.8, 4) is 0 Å². The van der Waals surface area contributed by atoms with Crippen molar-refractivity contribution in [3.05, 3.63) is 11.9 Å². The van der Waals surface area contributed by atoms with Crippen LogP contribution in [0.1, 0.15) is 17.4 Å². The van der Waals surface area contributed by atoms with Gasteiger partial charge in [0.15, 0.2) is 5.69 Å². The van der Waals surface area contributed by atoms with Crippen molar-refractivity contribution in [1.82, 2.24) is 15.1 Å². The van der Waals surface area contributed by atoms with Crippen molar-refractivity contribution in [2.45, 2.75) is 13.0 Å². The Morgan fingerprint density at radius 2 is 2.50 bits per heavy atom. The highest BCUT2D eigenvalue weighted by Gasteiger charge is 2.15. The zero-order chi connectivity index (χ0) is 10.7. The third kappa shape index (κ3) is 2.23. The molecule has 0 aliphatic rings. The number of nitrogens with zero attached hydrogens (tertiary/aromatic N) is 2. The minimum atomic E-state index is -0.371. The molecular formula is C8H14N4O2. The second kappa shape index (κ2) is 4.10. The average molecular weight is 198 g/mol. The summed E-state index contributed by atoms with van der Waals surface area (Å²) in [6.07, 6.45) is 1.55. The molecule has 1 heterocycles. The van der Waals surface area contributed by atoms with Crippen LogP contribution in [-0.4, -0.2) is 33.4 Å². The van der Waals surface area contributed by atoms with Gasteiger partial charge in [0.25, 0.3) is 5.91 Å². The number of amides is 1. The van der Waals surface area contributed by atoms with Gasteiger partial charge in [-0.05, 0) is 6.92 Å². The van der Waals surface area contributed by atoms with Gasteiger partial charge in [0.05, 0.1) is 12.3 Å². The first-order chi connectivity index (χ1) is 6.54. The lowest BCUT2D eigenvalue weighted by molar-refractivity contribution is 0.0917. The minimum absolute atomic E-state index is 0.113. The van der Waals surface area contributed by atoms with Crippen molar-refractivity contribution in [1.29, 1.82) is 0 Å². The molecule has 4 N–H and O–H groups in total. The molecule has 6 heteroatoms. The number of nitrogens with one attached hydrogen (secondary N) is 1. The Kier molecular flexibility index (Phi) is 3.08. The predicted octanol–water partition coefficient (Wildman–Crippen LogP) is -0.887. The highest BCUT2D eigenvalue weighted by Crippen LogP contribution is 2.07. The van der Waals surface area contributed by atoms with Gasteiger partial charge in [-0.15, -0.1) is 0 Å². The lowest BCUT2D eigenvalue weighted by atomic mass is 10.3. The number of aliphatic hydroxyl groups excluding tert-OH is 1. The van der Waals surface area contributed by atoms with Gasteiger partial charge in [0, 0.05) is 19.3 Å². The van der Waals surface area contributed by atoms with Crippen LogP contribution in [0.2, 0.25) is 0 Å². The van der Waals surface area contributed by atoms with Crippen LogP contribution in [-0.2, 0) is 7.05 Å². The maximum absolute atomic E-state index is 11.5. The SMILES string of the molecule is CC(CO)NC(=O)c1nn(C)cc1N. The van der Waals surface area contributed by atoms with Gasteiger partial charge in [-0.1, -0.05) is 0 Å². The zero-order valence-electron chi connectivity index (χ0n) is 8.19. The fraction of sp³-hybridized carbons (Fsp3) is 0.500. The molecule has 78 valence electrons. The van der Waals surface area contributed by atoms with E-state index >= 15 is 0 Å². The van der Waals surface area contributed by atoms with Crippen molar-refractivity contribution in [2.75, 3.05) is 12.3 Å². The molecular weight excluding hydrogens is 184 g/mol.